The summed E-state index contributed by atoms with van der Waals surface area (Å²) in [5, 5.41) is 6.45. The predicted molar refractivity (Wildman–Crippen MR) is 124 cm³/mol. The van der Waals surface area contributed by atoms with Gasteiger partial charge in [0.1, 0.15) is 6.04 Å². The van der Waals surface area contributed by atoms with E-state index < -0.39 is 24.5 Å². The third kappa shape index (κ3) is 5.55. The van der Waals surface area contributed by atoms with Gasteiger partial charge in [0, 0.05) is 36.1 Å². The van der Waals surface area contributed by atoms with Crippen molar-refractivity contribution >= 4 is 34.4 Å². The number of anilines is 1. The number of H-pyrrole nitrogens is 1. The van der Waals surface area contributed by atoms with E-state index in [4.69, 9.17) is 4.74 Å². The molecule has 0 saturated carbocycles. The third-order valence-corrected chi connectivity index (χ3v) is 5.30. The predicted octanol–water partition coefficient (Wildman–Crippen LogP) is 3.83. The average Bonchev–Trinajstić information content (AvgIpc) is 3.15. The number of ether oxygens (including phenoxy) is 1. The molecule has 168 valence electrons. The lowest BCUT2D eigenvalue weighted by atomic mass is 9.98. The highest BCUT2D eigenvalue weighted by atomic mass is 16.5. The summed E-state index contributed by atoms with van der Waals surface area (Å²) in [6, 6.07) is 12.6. The highest BCUT2D eigenvalue weighted by Crippen LogP contribution is 2.27. The fourth-order valence-corrected chi connectivity index (χ4v) is 3.71. The standard InChI is InChI=1S/C25H29N3O4/c1-15(2)19-10-7-8-16(3)24(19)28-23(30)14-32-25(31)22(27-17(4)29)12-18-13-26-21-11-6-5-9-20(18)21/h5-11,13,15,22,26H,12,14H2,1-4H3,(H,27,29)(H,28,30). The van der Waals surface area contributed by atoms with Crippen LogP contribution in [0.5, 0.6) is 0 Å². The molecule has 3 N–H and O–H groups in total. The molecule has 1 aromatic heterocycles. The van der Waals surface area contributed by atoms with Gasteiger partial charge >= 0.3 is 5.97 Å². The van der Waals surface area contributed by atoms with Crippen molar-refractivity contribution in [2.24, 2.45) is 0 Å². The molecule has 1 atom stereocenters. The van der Waals surface area contributed by atoms with Gasteiger partial charge in [0.25, 0.3) is 5.91 Å². The minimum atomic E-state index is -0.899. The number of rotatable bonds is 8. The van der Waals surface area contributed by atoms with Gasteiger partial charge in [-0.25, -0.2) is 4.79 Å². The van der Waals surface area contributed by atoms with E-state index in [0.29, 0.717) is 0 Å². The molecule has 0 bridgehead atoms. The van der Waals surface area contributed by atoms with Crippen LogP contribution >= 0.6 is 0 Å². The molecule has 0 aliphatic rings. The van der Waals surface area contributed by atoms with Crippen LogP contribution in [0, 0.1) is 6.92 Å². The molecule has 0 spiro atoms. The van der Waals surface area contributed by atoms with Crippen molar-refractivity contribution in [3.8, 4) is 0 Å². The molecular weight excluding hydrogens is 406 g/mol. The second kappa shape index (κ2) is 10.1. The lowest BCUT2D eigenvalue weighted by molar-refractivity contribution is -0.150. The molecule has 3 aromatic rings. The smallest absolute Gasteiger partial charge is 0.329 e. The normalized spacial score (nSPS) is 11.9. The quantitative estimate of drug-likeness (QED) is 0.468. The van der Waals surface area contributed by atoms with Gasteiger partial charge in [0.15, 0.2) is 6.61 Å². The first-order valence-corrected chi connectivity index (χ1v) is 10.6. The van der Waals surface area contributed by atoms with Crippen molar-refractivity contribution in [1.29, 1.82) is 0 Å². The number of esters is 1. The summed E-state index contributed by atoms with van der Waals surface area (Å²) in [6.45, 7) is 6.92. The fourth-order valence-electron chi connectivity index (χ4n) is 3.71. The van der Waals surface area contributed by atoms with Crippen LogP contribution in [0.3, 0.4) is 0 Å². The van der Waals surface area contributed by atoms with Gasteiger partial charge in [-0.2, -0.15) is 0 Å². The fraction of sp³-hybridized carbons (Fsp3) is 0.320. The number of carbonyl (C=O) groups is 3. The first-order valence-electron chi connectivity index (χ1n) is 10.6. The van der Waals surface area contributed by atoms with Gasteiger partial charge < -0.3 is 20.4 Å². The largest absolute Gasteiger partial charge is 0.454 e. The lowest BCUT2D eigenvalue weighted by Crippen LogP contribution is -2.43. The molecule has 0 aliphatic heterocycles. The Morgan fingerprint density at radius 1 is 1.06 bits per heavy atom. The summed E-state index contributed by atoms with van der Waals surface area (Å²) in [6.07, 6.45) is 2.06. The van der Waals surface area contributed by atoms with Crippen molar-refractivity contribution < 1.29 is 19.1 Å². The molecule has 7 nitrogen and oxygen atoms in total. The monoisotopic (exact) mass is 435 g/mol. The number of para-hydroxylation sites is 2. The van der Waals surface area contributed by atoms with Crippen LogP contribution in [0.1, 0.15) is 43.4 Å². The van der Waals surface area contributed by atoms with Crippen molar-refractivity contribution in [3.05, 3.63) is 65.4 Å². The SMILES string of the molecule is CC(=O)NC(Cc1c[nH]c2ccccc12)C(=O)OCC(=O)Nc1c(C)cccc1C(C)C. The number of nitrogens with one attached hydrogen (secondary N) is 3. The Bertz CT molecular complexity index is 1130. The second-order valence-electron chi connectivity index (χ2n) is 8.17. The van der Waals surface area contributed by atoms with Crippen LogP contribution in [0.4, 0.5) is 5.69 Å². The van der Waals surface area contributed by atoms with E-state index in [1.54, 1.807) is 0 Å². The maximum absolute atomic E-state index is 12.7. The number of amides is 2. The van der Waals surface area contributed by atoms with E-state index in [-0.39, 0.29) is 18.2 Å². The average molecular weight is 436 g/mol. The number of fused-ring (bicyclic) bond motifs is 1. The maximum Gasteiger partial charge on any atom is 0.329 e. The topological polar surface area (TPSA) is 100 Å². The Kier molecular flexibility index (Phi) is 7.30. The van der Waals surface area contributed by atoms with Gasteiger partial charge in [-0.3, -0.25) is 9.59 Å². The van der Waals surface area contributed by atoms with Crippen LogP contribution in [-0.2, 0) is 25.5 Å². The van der Waals surface area contributed by atoms with Gasteiger partial charge in [0.2, 0.25) is 5.91 Å². The van der Waals surface area contributed by atoms with Crippen molar-refractivity contribution in [1.82, 2.24) is 10.3 Å². The summed E-state index contributed by atoms with van der Waals surface area (Å²) in [4.78, 5) is 40.0. The molecule has 2 aromatic carbocycles. The van der Waals surface area contributed by atoms with Crippen LogP contribution < -0.4 is 10.6 Å². The first-order chi connectivity index (χ1) is 15.3. The van der Waals surface area contributed by atoms with Crippen LogP contribution in [0.2, 0.25) is 0 Å². The summed E-state index contributed by atoms with van der Waals surface area (Å²) < 4.78 is 5.26. The number of aromatic amines is 1. The van der Waals surface area contributed by atoms with E-state index in [1.165, 1.54) is 6.92 Å². The minimum absolute atomic E-state index is 0.230. The summed E-state index contributed by atoms with van der Waals surface area (Å²) >= 11 is 0. The Morgan fingerprint density at radius 3 is 2.53 bits per heavy atom. The van der Waals surface area contributed by atoms with E-state index in [9.17, 15) is 14.4 Å². The van der Waals surface area contributed by atoms with Gasteiger partial charge in [-0.05, 0) is 35.6 Å². The number of hydrogen-bond donors (Lipinski definition) is 3. The molecule has 1 unspecified atom stereocenters. The molecule has 1 heterocycles. The summed E-state index contributed by atoms with van der Waals surface area (Å²) in [7, 11) is 0. The Labute approximate surface area is 187 Å². The van der Waals surface area contributed by atoms with Crippen molar-refractivity contribution in [2.45, 2.75) is 46.1 Å². The Morgan fingerprint density at radius 2 is 1.81 bits per heavy atom. The molecule has 2 amide bonds. The third-order valence-electron chi connectivity index (χ3n) is 5.30. The van der Waals surface area contributed by atoms with Crippen molar-refractivity contribution in [2.75, 3.05) is 11.9 Å². The highest BCUT2D eigenvalue weighted by molar-refractivity contribution is 5.95. The molecular formula is C25H29N3O4. The van der Waals surface area contributed by atoms with Crippen LogP contribution in [0.25, 0.3) is 10.9 Å². The van der Waals surface area contributed by atoms with Gasteiger partial charge in [-0.1, -0.05) is 50.2 Å². The number of carbonyl (C=O) groups excluding carboxylic acids is 3. The van der Waals surface area contributed by atoms with Crippen LogP contribution in [0.15, 0.2) is 48.7 Å². The summed E-state index contributed by atoms with van der Waals surface area (Å²) in [5.74, 6) is -1.21. The number of hydrogen-bond acceptors (Lipinski definition) is 4. The zero-order valence-corrected chi connectivity index (χ0v) is 18.8. The molecule has 32 heavy (non-hydrogen) atoms. The lowest BCUT2D eigenvalue weighted by Gasteiger charge is -2.18. The van der Waals surface area contributed by atoms with Gasteiger partial charge in [0.05, 0.1) is 0 Å². The first kappa shape index (κ1) is 23.1. The van der Waals surface area contributed by atoms with E-state index in [0.717, 1.165) is 33.3 Å². The molecule has 3 rings (SSSR count). The zero-order chi connectivity index (χ0) is 23.3. The van der Waals surface area contributed by atoms with E-state index >= 15 is 0 Å². The Hall–Kier alpha value is -3.61. The summed E-state index contributed by atoms with van der Waals surface area (Å²) in [5.41, 5.74) is 4.51. The maximum atomic E-state index is 12.7. The minimum Gasteiger partial charge on any atom is -0.454 e. The van der Waals surface area contributed by atoms with Gasteiger partial charge in [-0.15, -0.1) is 0 Å². The van der Waals surface area contributed by atoms with Crippen molar-refractivity contribution in [3.63, 3.8) is 0 Å². The van der Waals surface area contributed by atoms with E-state index in [2.05, 4.69) is 15.6 Å². The number of benzene rings is 2. The Balaban J connectivity index is 1.67. The number of aryl methyl sites for hydroxylation is 1. The zero-order valence-electron chi connectivity index (χ0n) is 18.8. The molecule has 7 heteroatoms. The van der Waals surface area contributed by atoms with Crippen LogP contribution in [-0.4, -0.2) is 35.4 Å². The molecule has 0 saturated heterocycles. The van der Waals surface area contributed by atoms with E-state index in [1.807, 2.05) is 69.4 Å². The number of aromatic nitrogens is 1. The molecule has 0 fully saturated rings. The molecule has 0 radical (unpaired) electrons. The highest BCUT2D eigenvalue weighted by Gasteiger charge is 2.24. The second-order valence-corrected chi connectivity index (χ2v) is 8.17. The molecule has 0 aliphatic carbocycles.